The summed E-state index contributed by atoms with van der Waals surface area (Å²) in [5.41, 5.74) is 1.43. The second-order valence-electron chi connectivity index (χ2n) is 5.70. The molecule has 124 valence electrons. The van der Waals surface area contributed by atoms with Crippen LogP contribution >= 0.6 is 11.3 Å². The van der Waals surface area contributed by atoms with Gasteiger partial charge in [0.1, 0.15) is 11.3 Å². The molecule has 0 unspecified atom stereocenters. The van der Waals surface area contributed by atoms with Gasteiger partial charge in [0.2, 0.25) is 0 Å². The molecule has 0 spiro atoms. The highest BCUT2D eigenvalue weighted by molar-refractivity contribution is 7.91. The maximum Gasteiger partial charge on any atom is 0.254 e. The Hall–Kier alpha value is -1.81. The first-order chi connectivity index (χ1) is 10.9. The van der Waals surface area contributed by atoms with Gasteiger partial charge in [-0.2, -0.15) is 4.68 Å². The predicted octanol–water partition coefficient (Wildman–Crippen LogP) is 0.505. The smallest absolute Gasteiger partial charge is 0.254 e. The standard InChI is InChI=1S/C13H17N5O3S2/c1-8-9(2)22-13(18-7-15-16-17-18)11(8)12(19)14-5-10-3-4-23(20,21)6-10/h7,10H,3-6H2,1-2H3,(H,14,19)/t10-/m1/s1. The molecule has 0 saturated carbocycles. The summed E-state index contributed by atoms with van der Waals surface area (Å²) in [6, 6.07) is 0. The number of sulfone groups is 1. The zero-order chi connectivity index (χ0) is 16.6. The summed E-state index contributed by atoms with van der Waals surface area (Å²) in [4.78, 5) is 13.6. The number of hydrogen-bond donors (Lipinski definition) is 1. The van der Waals surface area contributed by atoms with E-state index in [1.165, 1.54) is 22.3 Å². The van der Waals surface area contributed by atoms with Crippen LogP contribution in [0.5, 0.6) is 0 Å². The normalized spacial score (nSPS) is 19.8. The maximum atomic E-state index is 12.6. The van der Waals surface area contributed by atoms with Crippen molar-refractivity contribution in [2.45, 2.75) is 20.3 Å². The highest BCUT2D eigenvalue weighted by atomic mass is 32.2. The number of nitrogens with zero attached hydrogens (tertiary/aromatic N) is 4. The van der Waals surface area contributed by atoms with Crippen LogP contribution in [-0.4, -0.2) is 52.6 Å². The summed E-state index contributed by atoms with van der Waals surface area (Å²) < 4.78 is 24.4. The van der Waals surface area contributed by atoms with Gasteiger partial charge in [0.05, 0.1) is 17.1 Å². The zero-order valence-electron chi connectivity index (χ0n) is 12.8. The fraction of sp³-hybridized carbons (Fsp3) is 0.538. The van der Waals surface area contributed by atoms with Crippen LogP contribution < -0.4 is 5.32 Å². The first kappa shape index (κ1) is 16.1. The van der Waals surface area contributed by atoms with Crippen LogP contribution in [-0.2, 0) is 9.84 Å². The summed E-state index contributed by atoms with van der Waals surface area (Å²) in [7, 11) is -2.94. The Kier molecular flexibility index (Phi) is 4.19. The van der Waals surface area contributed by atoms with Crippen molar-refractivity contribution in [3.63, 3.8) is 0 Å². The van der Waals surface area contributed by atoms with E-state index >= 15 is 0 Å². The Morgan fingerprint density at radius 3 is 2.87 bits per heavy atom. The van der Waals surface area contributed by atoms with Gasteiger partial charge in [0.15, 0.2) is 9.84 Å². The molecule has 1 fully saturated rings. The van der Waals surface area contributed by atoms with Crippen LogP contribution in [0.2, 0.25) is 0 Å². The lowest BCUT2D eigenvalue weighted by atomic mass is 10.1. The van der Waals surface area contributed by atoms with Crippen molar-refractivity contribution >= 4 is 27.1 Å². The monoisotopic (exact) mass is 355 g/mol. The molecule has 2 aromatic rings. The third-order valence-electron chi connectivity index (χ3n) is 4.03. The molecule has 0 aliphatic carbocycles. The van der Waals surface area contributed by atoms with Crippen molar-refractivity contribution in [1.29, 1.82) is 0 Å². The van der Waals surface area contributed by atoms with Gasteiger partial charge in [-0.05, 0) is 42.2 Å². The van der Waals surface area contributed by atoms with Gasteiger partial charge in [-0.3, -0.25) is 4.79 Å². The maximum absolute atomic E-state index is 12.6. The molecule has 10 heteroatoms. The van der Waals surface area contributed by atoms with Crippen molar-refractivity contribution in [3.8, 4) is 5.00 Å². The van der Waals surface area contributed by atoms with Gasteiger partial charge >= 0.3 is 0 Å². The molecule has 2 aromatic heterocycles. The van der Waals surface area contributed by atoms with Crippen molar-refractivity contribution in [2.24, 2.45) is 5.92 Å². The molecule has 3 heterocycles. The Morgan fingerprint density at radius 2 is 2.26 bits per heavy atom. The summed E-state index contributed by atoms with van der Waals surface area (Å²) in [6.45, 7) is 4.18. The highest BCUT2D eigenvalue weighted by Crippen LogP contribution is 2.30. The number of aryl methyl sites for hydroxylation is 1. The molecule has 1 N–H and O–H groups in total. The fourth-order valence-electron chi connectivity index (χ4n) is 2.65. The van der Waals surface area contributed by atoms with Crippen molar-refractivity contribution in [3.05, 3.63) is 22.3 Å². The number of aromatic nitrogens is 4. The first-order valence-corrected chi connectivity index (χ1v) is 9.83. The van der Waals surface area contributed by atoms with Gasteiger partial charge in [-0.15, -0.1) is 16.4 Å². The molecule has 8 nitrogen and oxygen atoms in total. The Morgan fingerprint density at radius 1 is 1.48 bits per heavy atom. The number of hydrogen-bond acceptors (Lipinski definition) is 7. The number of rotatable bonds is 4. The molecule has 3 rings (SSSR count). The minimum absolute atomic E-state index is 0.0134. The number of nitrogens with one attached hydrogen (secondary N) is 1. The van der Waals surface area contributed by atoms with Gasteiger partial charge in [0, 0.05) is 11.4 Å². The molecule has 1 aliphatic heterocycles. The van der Waals surface area contributed by atoms with E-state index in [1.807, 2.05) is 13.8 Å². The Balaban J connectivity index is 1.77. The van der Waals surface area contributed by atoms with Gasteiger partial charge in [-0.1, -0.05) is 0 Å². The van der Waals surface area contributed by atoms with Crippen LogP contribution in [0.25, 0.3) is 5.00 Å². The largest absolute Gasteiger partial charge is 0.352 e. The zero-order valence-corrected chi connectivity index (χ0v) is 14.4. The number of thiophene rings is 1. The number of tetrazole rings is 1. The van der Waals surface area contributed by atoms with Gasteiger partial charge < -0.3 is 5.32 Å². The minimum Gasteiger partial charge on any atom is -0.352 e. The average molecular weight is 355 g/mol. The minimum atomic E-state index is -2.94. The van der Waals surface area contributed by atoms with E-state index in [0.717, 1.165) is 10.4 Å². The Labute approximate surface area is 137 Å². The van der Waals surface area contributed by atoms with Crippen molar-refractivity contribution in [1.82, 2.24) is 25.5 Å². The van der Waals surface area contributed by atoms with Crippen LogP contribution in [0.3, 0.4) is 0 Å². The lowest BCUT2D eigenvalue weighted by Gasteiger charge is -2.10. The molecule has 0 aromatic carbocycles. The van der Waals surface area contributed by atoms with Crippen LogP contribution in [0, 0.1) is 19.8 Å². The molecular weight excluding hydrogens is 338 g/mol. The summed E-state index contributed by atoms with van der Waals surface area (Å²) >= 11 is 1.45. The molecule has 1 saturated heterocycles. The van der Waals surface area contributed by atoms with E-state index in [-0.39, 0.29) is 23.3 Å². The lowest BCUT2D eigenvalue weighted by molar-refractivity contribution is 0.0948. The molecule has 1 amide bonds. The molecular formula is C13H17N5O3S2. The molecule has 23 heavy (non-hydrogen) atoms. The summed E-state index contributed by atoms with van der Waals surface area (Å²) in [5.74, 6) is 0.122. The number of carbonyl (C=O) groups is 1. The second kappa shape index (κ2) is 6.00. The van der Waals surface area contributed by atoms with Crippen LogP contribution in [0.15, 0.2) is 6.33 Å². The SMILES string of the molecule is Cc1sc(-n2cnnn2)c(C(=O)NC[C@H]2CCS(=O)(=O)C2)c1C. The van der Waals surface area contributed by atoms with E-state index in [1.54, 1.807) is 0 Å². The van der Waals surface area contributed by atoms with E-state index in [4.69, 9.17) is 0 Å². The Bertz CT molecular complexity index is 826. The van der Waals surface area contributed by atoms with Crippen LogP contribution in [0.4, 0.5) is 0 Å². The quantitative estimate of drug-likeness (QED) is 0.856. The van der Waals surface area contributed by atoms with Crippen molar-refractivity contribution < 1.29 is 13.2 Å². The van der Waals surface area contributed by atoms with Crippen molar-refractivity contribution in [2.75, 3.05) is 18.1 Å². The van der Waals surface area contributed by atoms with Gasteiger partial charge in [0.25, 0.3) is 5.91 Å². The third-order valence-corrected chi connectivity index (χ3v) is 7.06. The van der Waals surface area contributed by atoms with Gasteiger partial charge in [-0.25, -0.2) is 8.42 Å². The lowest BCUT2D eigenvalue weighted by Crippen LogP contribution is -2.30. The highest BCUT2D eigenvalue weighted by Gasteiger charge is 2.29. The fourth-order valence-corrected chi connectivity index (χ4v) is 5.58. The number of amides is 1. The van der Waals surface area contributed by atoms with E-state index in [0.29, 0.717) is 23.5 Å². The molecule has 0 bridgehead atoms. The van der Waals surface area contributed by atoms with E-state index in [2.05, 4.69) is 20.8 Å². The van der Waals surface area contributed by atoms with Crippen LogP contribution in [0.1, 0.15) is 27.2 Å². The molecule has 1 atom stereocenters. The van der Waals surface area contributed by atoms with E-state index in [9.17, 15) is 13.2 Å². The van der Waals surface area contributed by atoms with E-state index < -0.39 is 9.84 Å². The third kappa shape index (κ3) is 3.27. The topological polar surface area (TPSA) is 107 Å². The second-order valence-corrected chi connectivity index (χ2v) is 9.13. The summed E-state index contributed by atoms with van der Waals surface area (Å²) in [6.07, 6.45) is 2.05. The molecule has 0 radical (unpaired) electrons. The number of carbonyl (C=O) groups excluding carboxylic acids is 1. The molecule has 1 aliphatic rings. The predicted molar refractivity (Wildman–Crippen MR) is 85.6 cm³/mol. The average Bonchev–Trinajstić information content (AvgIpc) is 3.18. The summed E-state index contributed by atoms with van der Waals surface area (Å²) in [5, 5.41) is 14.6. The first-order valence-electron chi connectivity index (χ1n) is 7.19.